The molecule has 19 heavy (non-hydrogen) atoms. The minimum atomic E-state index is -1.17. The number of Topliss-reactive ketones (excluding diaryl/α,β-unsaturated/α-hetero) is 1. The third-order valence-electron chi connectivity index (χ3n) is 2.44. The summed E-state index contributed by atoms with van der Waals surface area (Å²) in [5, 5.41) is 11.6. The van der Waals surface area contributed by atoms with Crippen molar-refractivity contribution in [2.24, 2.45) is 0 Å². The van der Waals surface area contributed by atoms with Gasteiger partial charge in [-0.15, -0.1) is 11.3 Å². The van der Waals surface area contributed by atoms with E-state index in [1.54, 1.807) is 11.3 Å². The van der Waals surface area contributed by atoms with Gasteiger partial charge in [-0.25, -0.2) is 9.78 Å². The van der Waals surface area contributed by atoms with E-state index in [2.05, 4.69) is 4.98 Å². The lowest BCUT2D eigenvalue weighted by atomic mass is 10.3. The molecule has 2 aromatic heterocycles. The van der Waals surface area contributed by atoms with Crippen LogP contribution in [0.2, 0.25) is 0 Å². The molecule has 0 atom stereocenters. The fourth-order valence-corrected chi connectivity index (χ4v) is 3.23. The predicted octanol–water partition coefficient (Wildman–Crippen LogP) is 2.74. The zero-order chi connectivity index (χ0) is 14.0. The van der Waals surface area contributed by atoms with Crippen LogP contribution in [0, 0.1) is 0 Å². The van der Waals surface area contributed by atoms with Gasteiger partial charge in [0.05, 0.1) is 6.54 Å². The molecule has 0 aliphatic rings. The molecule has 0 saturated carbocycles. The van der Waals surface area contributed by atoms with E-state index in [1.807, 2.05) is 29.5 Å². The molecule has 2 rings (SSSR count). The molecule has 1 N–H and O–H groups in total. The SMILES string of the molecule is CC(=O)c1sc(N(C)Cc2cccs2)nc1C(=O)O. The van der Waals surface area contributed by atoms with Crippen LogP contribution < -0.4 is 4.90 Å². The summed E-state index contributed by atoms with van der Waals surface area (Å²) in [6.07, 6.45) is 0. The molecule has 0 aliphatic heterocycles. The molecular formula is C12H12N2O3S2. The molecule has 0 amide bonds. The zero-order valence-corrected chi connectivity index (χ0v) is 12.0. The lowest BCUT2D eigenvalue weighted by Gasteiger charge is -2.13. The number of aromatic carboxylic acids is 1. The number of hydrogen-bond acceptors (Lipinski definition) is 6. The highest BCUT2D eigenvalue weighted by atomic mass is 32.1. The maximum Gasteiger partial charge on any atom is 0.356 e. The quantitative estimate of drug-likeness (QED) is 0.859. The molecule has 0 radical (unpaired) electrons. The van der Waals surface area contributed by atoms with E-state index >= 15 is 0 Å². The summed E-state index contributed by atoms with van der Waals surface area (Å²) in [5.41, 5.74) is -0.162. The van der Waals surface area contributed by atoms with Crippen molar-refractivity contribution in [2.45, 2.75) is 13.5 Å². The molecule has 7 heteroatoms. The second kappa shape index (κ2) is 5.50. The molecule has 100 valence electrons. The molecule has 0 aliphatic carbocycles. The fourth-order valence-electron chi connectivity index (χ4n) is 1.56. The molecule has 2 aromatic rings. The Balaban J connectivity index is 2.27. The van der Waals surface area contributed by atoms with Gasteiger partial charge < -0.3 is 10.0 Å². The summed E-state index contributed by atoms with van der Waals surface area (Å²) in [6, 6.07) is 3.96. The first-order valence-corrected chi connectivity index (χ1v) is 7.17. The van der Waals surface area contributed by atoms with Crippen LogP contribution in [0.1, 0.15) is 32.0 Å². The van der Waals surface area contributed by atoms with Crippen molar-refractivity contribution < 1.29 is 14.7 Å². The van der Waals surface area contributed by atoms with Crippen LogP contribution in [0.5, 0.6) is 0 Å². The Labute approximate surface area is 118 Å². The molecule has 5 nitrogen and oxygen atoms in total. The monoisotopic (exact) mass is 296 g/mol. The summed E-state index contributed by atoms with van der Waals surface area (Å²) in [5.74, 6) is -1.44. The molecule has 0 bridgehead atoms. The van der Waals surface area contributed by atoms with Crippen molar-refractivity contribution in [3.05, 3.63) is 33.0 Å². The van der Waals surface area contributed by atoms with Gasteiger partial charge >= 0.3 is 5.97 Å². The first kappa shape index (κ1) is 13.7. The van der Waals surface area contributed by atoms with Crippen molar-refractivity contribution in [1.29, 1.82) is 0 Å². The van der Waals surface area contributed by atoms with E-state index in [-0.39, 0.29) is 16.4 Å². The third kappa shape index (κ3) is 2.99. The van der Waals surface area contributed by atoms with Gasteiger partial charge in [0.25, 0.3) is 0 Å². The minimum Gasteiger partial charge on any atom is -0.476 e. The van der Waals surface area contributed by atoms with Crippen molar-refractivity contribution in [3.63, 3.8) is 0 Å². The summed E-state index contributed by atoms with van der Waals surface area (Å²) in [7, 11) is 1.83. The molecule has 0 unspecified atom stereocenters. The smallest absolute Gasteiger partial charge is 0.356 e. The van der Waals surface area contributed by atoms with Crippen LogP contribution in [-0.2, 0) is 6.54 Å². The van der Waals surface area contributed by atoms with Gasteiger partial charge in [0.2, 0.25) is 0 Å². The van der Waals surface area contributed by atoms with Gasteiger partial charge in [-0.05, 0) is 11.4 Å². The summed E-state index contributed by atoms with van der Waals surface area (Å²) in [6.45, 7) is 1.99. The summed E-state index contributed by atoms with van der Waals surface area (Å²) < 4.78 is 0. The van der Waals surface area contributed by atoms with E-state index in [0.717, 1.165) is 16.2 Å². The van der Waals surface area contributed by atoms with Crippen molar-refractivity contribution in [2.75, 3.05) is 11.9 Å². The summed E-state index contributed by atoms with van der Waals surface area (Å²) >= 11 is 2.74. The number of rotatable bonds is 5. The number of thiophene rings is 1. The lowest BCUT2D eigenvalue weighted by molar-refractivity contribution is 0.0687. The van der Waals surface area contributed by atoms with E-state index in [1.165, 1.54) is 6.92 Å². The second-order valence-corrected chi connectivity index (χ2v) is 5.98. The van der Waals surface area contributed by atoms with Crippen molar-refractivity contribution in [1.82, 2.24) is 4.98 Å². The molecule has 0 fully saturated rings. The fraction of sp³-hybridized carbons (Fsp3) is 0.250. The normalized spacial score (nSPS) is 10.4. The molecule has 0 aromatic carbocycles. The summed E-state index contributed by atoms with van der Waals surface area (Å²) in [4.78, 5) is 29.7. The zero-order valence-electron chi connectivity index (χ0n) is 10.4. The van der Waals surface area contributed by atoms with Crippen LogP contribution in [0.15, 0.2) is 17.5 Å². The topological polar surface area (TPSA) is 70.5 Å². The first-order chi connectivity index (χ1) is 8.99. The van der Waals surface area contributed by atoms with Gasteiger partial charge in [-0.2, -0.15) is 0 Å². The van der Waals surface area contributed by atoms with Crippen molar-refractivity contribution >= 4 is 39.6 Å². The number of anilines is 1. The molecule has 0 saturated heterocycles. The van der Waals surface area contributed by atoms with Gasteiger partial charge in [0, 0.05) is 18.8 Å². The average molecular weight is 296 g/mol. The number of hydrogen-bond donors (Lipinski definition) is 1. The lowest BCUT2D eigenvalue weighted by Crippen LogP contribution is -2.15. The van der Waals surface area contributed by atoms with E-state index in [9.17, 15) is 9.59 Å². The van der Waals surface area contributed by atoms with Gasteiger partial charge in [0.1, 0.15) is 4.88 Å². The second-order valence-electron chi connectivity index (χ2n) is 3.97. The Morgan fingerprint density at radius 3 is 2.68 bits per heavy atom. The van der Waals surface area contributed by atoms with Gasteiger partial charge in [0.15, 0.2) is 16.6 Å². The predicted molar refractivity (Wildman–Crippen MR) is 75.5 cm³/mol. The molecular weight excluding hydrogens is 284 g/mol. The number of carboxylic acids is 1. The van der Waals surface area contributed by atoms with Gasteiger partial charge in [-0.3, -0.25) is 4.79 Å². The number of nitrogens with zero attached hydrogens (tertiary/aromatic N) is 2. The molecule has 0 spiro atoms. The van der Waals surface area contributed by atoms with Crippen molar-refractivity contribution in [3.8, 4) is 0 Å². The maximum atomic E-state index is 11.4. The van der Waals surface area contributed by atoms with Crippen LogP contribution in [-0.4, -0.2) is 28.9 Å². The number of aromatic nitrogens is 1. The number of carbonyl (C=O) groups excluding carboxylic acids is 1. The van der Waals surface area contributed by atoms with Crippen LogP contribution in [0.25, 0.3) is 0 Å². The van der Waals surface area contributed by atoms with Crippen LogP contribution in [0.4, 0.5) is 5.13 Å². The van der Waals surface area contributed by atoms with E-state index in [4.69, 9.17) is 5.11 Å². The molecule has 2 heterocycles. The largest absolute Gasteiger partial charge is 0.476 e. The van der Waals surface area contributed by atoms with E-state index in [0.29, 0.717) is 11.7 Å². The Morgan fingerprint density at radius 2 is 2.21 bits per heavy atom. The Bertz CT molecular complexity index is 573. The van der Waals surface area contributed by atoms with E-state index < -0.39 is 5.97 Å². The Hall–Kier alpha value is -1.73. The number of carbonyl (C=O) groups is 2. The maximum absolute atomic E-state index is 11.4. The minimum absolute atomic E-state index is 0.162. The van der Waals surface area contributed by atoms with Crippen LogP contribution in [0.3, 0.4) is 0 Å². The van der Waals surface area contributed by atoms with Crippen LogP contribution >= 0.6 is 22.7 Å². The Morgan fingerprint density at radius 1 is 1.47 bits per heavy atom. The highest BCUT2D eigenvalue weighted by Crippen LogP contribution is 2.27. The van der Waals surface area contributed by atoms with Gasteiger partial charge in [-0.1, -0.05) is 17.4 Å². The first-order valence-electron chi connectivity index (χ1n) is 5.47. The Kier molecular flexibility index (Phi) is 3.96. The highest BCUT2D eigenvalue weighted by Gasteiger charge is 2.22. The highest BCUT2D eigenvalue weighted by molar-refractivity contribution is 7.17. The number of carboxylic acid groups (broad SMARTS) is 1. The number of thiazole rings is 1. The number of ketones is 1. The standard InChI is InChI=1S/C12H12N2O3S2/c1-7(15)10-9(11(16)17)13-12(19-10)14(2)6-8-4-3-5-18-8/h3-5H,6H2,1-2H3,(H,16,17). The average Bonchev–Trinajstić information content (AvgIpc) is 2.96. The third-order valence-corrected chi connectivity index (χ3v) is 4.57.